The standard InChI is InChI=1S/C39H54ClN3O5S/c1-4-7-27-18-31(40)12-14-33(27)30-21-43-20-29-10-13-34(29)35(39-47-23-32(24-48-39)42-16-6-17-42)9-5-8-25(2)26(3)49(45)41-38(44)28-11-15-37(46-22-30)36(43)19-28/h11-12,14-15,18-19,25-26,29-30,32,34-35,39H,4-10,13,16-17,20-24H2,1-3H3,(H,41,44). The van der Waals surface area contributed by atoms with Crippen LogP contribution >= 0.6 is 11.6 Å². The molecule has 2 saturated heterocycles. The van der Waals surface area contributed by atoms with Gasteiger partial charge < -0.3 is 19.1 Å². The summed E-state index contributed by atoms with van der Waals surface area (Å²) in [7, 11) is -1.50. The molecule has 268 valence electrons. The zero-order chi connectivity index (χ0) is 34.1. The van der Waals surface area contributed by atoms with E-state index in [1.165, 1.54) is 24.0 Å². The molecule has 4 aliphatic heterocycles. The zero-order valence-electron chi connectivity index (χ0n) is 29.4. The maximum Gasteiger partial charge on any atom is 0.263 e. The highest BCUT2D eigenvalue weighted by Crippen LogP contribution is 2.47. The second kappa shape index (κ2) is 15.6. The average molecular weight is 712 g/mol. The maximum atomic E-state index is 13.5. The molecular formula is C39H54ClN3O5S. The van der Waals surface area contributed by atoms with Crippen LogP contribution in [-0.2, 0) is 26.9 Å². The van der Waals surface area contributed by atoms with E-state index in [2.05, 4.69) is 40.5 Å². The van der Waals surface area contributed by atoms with Crippen molar-refractivity contribution in [3.05, 3.63) is 58.1 Å². The van der Waals surface area contributed by atoms with Gasteiger partial charge in [-0.25, -0.2) is 4.21 Å². The number of hydrogen-bond donors (Lipinski definition) is 1. The number of carbonyl (C=O) groups excluding carboxylic acids is 1. The molecule has 4 heterocycles. The molecule has 1 saturated carbocycles. The summed E-state index contributed by atoms with van der Waals surface area (Å²) in [5.41, 5.74) is 4.00. The highest BCUT2D eigenvalue weighted by molar-refractivity contribution is 7.84. The molecule has 2 bridgehead atoms. The highest BCUT2D eigenvalue weighted by atomic mass is 35.5. The molecule has 7 rings (SSSR count). The van der Waals surface area contributed by atoms with Gasteiger partial charge in [0.25, 0.3) is 5.91 Å². The number of anilines is 1. The van der Waals surface area contributed by atoms with Crippen molar-refractivity contribution in [2.45, 2.75) is 95.6 Å². The third kappa shape index (κ3) is 7.71. The minimum absolute atomic E-state index is 0.140. The number of benzene rings is 2. The van der Waals surface area contributed by atoms with Crippen LogP contribution in [0.5, 0.6) is 5.75 Å². The van der Waals surface area contributed by atoms with Crippen LogP contribution < -0.4 is 14.4 Å². The van der Waals surface area contributed by atoms with Crippen LogP contribution in [-0.4, -0.2) is 78.6 Å². The van der Waals surface area contributed by atoms with Gasteiger partial charge in [0.15, 0.2) is 6.29 Å². The average Bonchev–Trinajstić information content (AvgIpc) is 3.24. The van der Waals surface area contributed by atoms with Crippen LogP contribution in [0.2, 0.25) is 5.02 Å². The maximum absolute atomic E-state index is 13.5. The van der Waals surface area contributed by atoms with Crippen LogP contribution in [0.25, 0.3) is 0 Å². The molecule has 2 aromatic carbocycles. The lowest BCUT2D eigenvalue weighted by molar-refractivity contribution is -0.246. The van der Waals surface area contributed by atoms with E-state index < -0.39 is 11.0 Å². The van der Waals surface area contributed by atoms with Gasteiger partial charge in [-0.15, -0.1) is 0 Å². The Morgan fingerprint density at radius 3 is 2.47 bits per heavy atom. The van der Waals surface area contributed by atoms with Crippen molar-refractivity contribution in [1.82, 2.24) is 9.62 Å². The van der Waals surface area contributed by atoms with E-state index in [0.717, 1.165) is 94.4 Å². The first-order valence-electron chi connectivity index (χ1n) is 18.8. The van der Waals surface area contributed by atoms with Gasteiger partial charge in [0.05, 0.1) is 36.8 Å². The predicted octanol–water partition coefficient (Wildman–Crippen LogP) is 6.97. The van der Waals surface area contributed by atoms with E-state index >= 15 is 0 Å². The number of amides is 1. The van der Waals surface area contributed by atoms with Crippen molar-refractivity contribution >= 4 is 34.2 Å². The number of aryl methyl sites for hydroxylation is 1. The van der Waals surface area contributed by atoms with Crippen LogP contribution in [0, 0.1) is 23.7 Å². The van der Waals surface area contributed by atoms with E-state index in [4.69, 9.17) is 25.8 Å². The second-order valence-corrected chi connectivity index (χ2v) is 17.3. The molecule has 1 amide bonds. The number of halogens is 1. The van der Waals surface area contributed by atoms with Crippen LogP contribution in [0.15, 0.2) is 36.4 Å². The summed E-state index contributed by atoms with van der Waals surface area (Å²) in [5, 5.41) is 0.600. The van der Waals surface area contributed by atoms with Crippen LogP contribution in [0.3, 0.4) is 0 Å². The molecule has 7 unspecified atom stereocenters. The lowest BCUT2D eigenvalue weighted by atomic mass is 9.65. The first-order chi connectivity index (χ1) is 23.8. The smallest absolute Gasteiger partial charge is 0.263 e. The summed E-state index contributed by atoms with van der Waals surface area (Å²) < 4.78 is 35.9. The Morgan fingerprint density at radius 1 is 0.939 bits per heavy atom. The summed E-state index contributed by atoms with van der Waals surface area (Å²) >= 11 is 6.48. The summed E-state index contributed by atoms with van der Waals surface area (Å²) in [6.07, 6.45) is 8.41. The number of fused-ring (bicyclic) bond motifs is 2. The Labute approximate surface area is 300 Å². The number of nitrogens with one attached hydrogen (secondary N) is 1. The number of likely N-dealkylation sites (tertiary alicyclic amines) is 1. The third-order valence-electron chi connectivity index (χ3n) is 12.2. The molecule has 10 heteroatoms. The minimum atomic E-state index is -1.50. The molecule has 0 radical (unpaired) electrons. The van der Waals surface area contributed by atoms with E-state index in [1.54, 1.807) is 6.07 Å². The van der Waals surface area contributed by atoms with Gasteiger partial charge in [-0.2, -0.15) is 0 Å². The molecule has 0 spiro atoms. The lowest BCUT2D eigenvalue weighted by Gasteiger charge is -2.49. The van der Waals surface area contributed by atoms with Crippen molar-refractivity contribution in [1.29, 1.82) is 0 Å². The molecule has 7 atom stereocenters. The van der Waals surface area contributed by atoms with E-state index in [9.17, 15) is 9.00 Å². The molecule has 3 fully saturated rings. The first kappa shape index (κ1) is 35.2. The third-order valence-corrected chi connectivity index (χ3v) is 13.9. The molecular weight excluding hydrogens is 658 g/mol. The molecule has 2 aromatic rings. The fraction of sp³-hybridized carbons (Fsp3) is 0.667. The largest absolute Gasteiger partial charge is 0.491 e. The highest BCUT2D eigenvalue weighted by Gasteiger charge is 2.44. The quantitative estimate of drug-likeness (QED) is 0.359. The monoisotopic (exact) mass is 711 g/mol. The Kier molecular flexibility index (Phi) is 11.2. The first-order valence-corrected chi connectivity index (χ1v) is 20.4. The molecule has 0 aromatic heterocycles. The molecule has 1 aliphatic carbocycles. The molecule has 49 heavy (non-hydrogen) atoms. The number of nitrogens with zero attached hydrogens (tertiary/aromatic N) is 2. The summed E-state index contributed by atoms with van der Waals surface area (Å²) in [4.78, 5) is 18.5. The molecule has 5 aliphatic rings. The Balaban J connectivity index is 1.20. The number of rotatable bonds is 5. The van der Waals surface area contributed by atoms with Gasteiger partial charge in [0.2, 0.25) is 0 Å². The van der Waals surface area contributed by atoms with Crippen molar-refractivity contribution < 1.29 is 23.2 Å². The normalized spacial score (nSPS) is 34.4. The molecule has 8 nitrogen and oxygen atoms in total. The number of hydrogen-bond acceptors (Lipinski definition) is 7. The summed E-state index contributed by atoms with van der Waals surface area (Å²) in [5.74, 6) is 2.11. The second-order valence-electron chi connectivity index (χ2n) is 15.3. The van der Waals surface area contributed by atoms with Gasteiger partial charge in [-0.1, -0.05) is 44.4 Å². The number of carbonyl (C=O) groups is 1. The van der Waals surface area contributed by atoms with Gasteiger partial charge in [0.1, 0.15) is 16.7 Å². The predicted molar refractivity (Wildman–Crippen MR) is 196 cm³/mol. The molecule has 1 N–H and O–H groups in total. The van der Waals surface area contributed by atoms with Crippen molar-refractivity contribution in [2.75, 3.05) is 50.9 Å². The van der Waals surface area contributed by atoms with Crippen molar-refractivity contribution in [3.8, 4) is 5.75 Å². The van der Waals surface area contributed by atoms with Gasteiger partial charge in [-0.3, -0.25) is 14.4 Å². The Bertz CT molecular complexity index is 1500. The van der Waals surface area contributed by atoms with E-state index in [-0.39, 0.29) is 29.3 Å². The van der Waals surface area contributed by atoms with E-state index in [0.29, 0.717) is 36.0 Å². The topological polar surface area (TPSA) is 80.3 Å². The Hall–Kier alpha value is -2.17. The van der Waals surface area contributed by atoms with Gasteiger partial charge in [-0.05, 0) is 118 Å². The van der Waals surface area contributed by atoms with Crippen LogP contribution in [0.4, 0.5) is 5.69 Å². The Morgan fingerprint density at radius 2 is 1.76 bits per heavy atom. The zero-order valence-corrected chi connectivity index (χ0v) is 31.0. The van der Waals surface area contributed by atoms with Gasteiger partial charge in [0, 0.05) is 35.5 Å². The van der Waals surface area contributed by atoms with Gasteiger partial charge >= 0.3 is 0 Å². The fourth-order valence-electron chi connectivity index (χ4n) is 8.71. The summed E-state index contributed by atoms with van der Waals surface area (Å²) in [6, 6.07) is 12.3. The van der Waals surface area contributed by atoms with Crippen molar-refractivity contribution in [2.24, 2.45) is 23.7 Å². The van der Waals surface area contributed by atoms with Crippen molar-refractivity contribution in [3.63, 3.8) is 0 Å². The SMILES string of the molecule is CCCc1cc(Cl)ccc1C1COc2ccc3cc2N(C1)CC1CCC1C(C1OCC(N2CCC2)CO1)CCCC(C)C(C)S(=O)NC3=O. The lowest BCUT2D eigenvalue weighted by Crippen LogP contribution is -2.55. The fourth-order valence-corrected chi connectivity index (χ4v) is 9.95. The summed E-state index contributed by atoms with van der Waals surface area (Å²) in [6.45, 7) is 12.3. The van der Waals surface area contributed by atoms with E-state index in [1.807, 2.05) is 25.1 Å². The minimum Gasteiger partial charge on any atom is -0.491 e. The van der Waals surface area contributed by atoms with Crippen LogP contribution in [0.1, 0.15) is 93.1 Å². The number of ether oxygens (including phenoxy) is 3.